The fourth-order valence-corrected chi connectivity index (χ4v) is 3.96. The van der Waals surface area contributed by atoms with Crippen LogP contribution in [0, 0.1) is 11.7 Å². The number of carbonyl (C=O) groups excluding carboxylic acids is 1. The van der Waals surface area contributed by atoms with Gasteiger partial charge in [-0.05, 0) is 49.3 Å². The standard InChI is InChI=1S/C14H16FNO3S/c15-10-3-1-9(2-4-10)12-7-8-13(12)14(17)16-20(18,19)11-5-6-11/h1-4,11-13H,5-8H2,(H,16,17). The van der Waals surface area contributed by atoms with Crippen LogP contribution in [-0.4, -0.2) is 19.6 Å². The summed E-state index contributed by atoms with van der Waals surface area (Å²) >= 11 is 0. The molecule has 0 saturated heterocycles. The molecule has 1 aromatic carbocycles. The number of sulfonamides is 1. The van der Waals surface area contributed by atoms with Gasteiger partial charge in [0.2, 0.25) is 15.9 Å². The highest BCUT2D eigenvalue weighted by Gasteiger charge is 2.42. The summed E-state index contributed by atoms with van der Waals surface area (Å²) in [6.45, 7) is 0. The van der Waals surface area contributed by atoms with Gasteiger partial charge in [0.15, 0.2) is 0 Å². The van der Waals surface area contributed by atoms with E-state index in [-0.39, 0.29) is 17.7 Å². The van der Waals surface area contributed by atoms with E-state index in [0.717, 1.165) is 12.0 Å². The monoisotopic (exact) mass is 297 g/mol. The molecule has 108 valence electrons. The van der Waals surface area contributed by atoms with Crippen molar-refractivity contribution in [3.63, 3.8) is 0 Å². The molecule has 0 radical (unpaired) electrons. The van der Waals surface area contributed by atoms with E-state index in [2.05, 4.69) is 4.72 Å². The third-order valence-corrected chi connectivity index (χ3v) is 5.95. The van der Waals surface area contributed by atoms with Crippen molar-refractivity contribution < 1.29 is 17.6 Å². The van der Waals surface area contributed by atoms with Gasteiger partial charge in [0, 0.05) is 5.92 Å². The summed E-state index contributed by atoms with van der Waals surface area (Å²) in [7, 11) is -3.48. The summed E-state index contributed by atoms with van der Waals surface area (Å²) in [4.78, 5) is 12.1. The molecule has 2 aliphatic carbocycles. The highest BCUT2D eigenvalue weighted by atomic mass is 32.2. The van der Waals surface area contributed by atoms with E-state index in [9.17, 15) is 17.6 Å². The van der Waals surface area contributed by atoms with Crippen LogP contribution in [0.1, 0.15) is 37.2 Å². The number of carbonyl (C=O) groups is 1. The molecule has 0 heterocycles. The maximum Gasteiger partial charge on any atom is 0.237 e. The SMILES string of the molecule is O=C(NS(=O)(=O)C1CC1)C1CCC1c1ccc(F)cc1. The average Bonchev–Trinajstić information content (AvgIpc) is 3.13. The van der Waals surface area contributed by atoms with Crippen LogP contribution in [0.15, 0.2) is 24.3 Å². The fraction of sp³-hybridized carbons (Fsp3) is 0.500. The van der Waals surface area contributed by atoms with E-state index in [1.54, 1.807) is 12.1 Å². The number of nitrogens with one attached hydrogen (secondary N) is 1. The van der Waals surface area contributed by atoms with Crippen LogP contribution in [0.2, 0.25) is 0 Å². The molecule has 2 unspecified atom stereocenters. The second-order valence-corrected chi connectivity index (χ2v) is 7.51. The molecule has 0 bridgehead atoms. The Morgan fingerprint density at radius 1 is 1.10 bits per heavy atom. The first kappa shape index (κ1) is 13.5. The van der Waals surface area contributed by atoms with E-state index in [1.807, 2.05) is 0 Å². The minimum absolute atomic E-state index is 0.00926. The summed E-state index contributed by atoms with van der Waals surface area (Å²) in [5, 5.41) is -0.393. The van der Waals surface area contributed by atoms with Gasteiger partial charge in [-0.3, -0.25) is 9.52 Å². The summed E-state index contributed by atoms with van der Waals surface area (Å²) in [5.41, 5.74) is 0.890. The highest BCUT2D eigenvalue weighted by Crippen LogP contribution is 2.43. The van der Waals surface area contributed by atoms with Crippen molar-refractivity contribution in [2.24, 2.45) is 5.92 Å². The molecule has 0 spiro atoms. The van der Waals surface area contributed by atoms with Gasteiger partial charge in [0.25, 0.3) is 0 Å². The van der Waals surface area contributed by atoms with Crippen molar-refractivity contribution in [3.05, 3.63) is 35.6 Å². The lowest BCUT2D eigenvalue weighted by Crippen LogP contribution is -2.43. The first-order valence-electron chi connectivity index (χ1n) is 6.78. The normalized spacial score (nSPS) is 25.9. The molecule has 2 saturated carbocycles. The van der Waals surface area contributed by atoms with E-state index >= 15 is 0 Å². The number of hydrogen-bond donors (Lipinski definition) is 1. The molecule has 20 heavy (non-hydrogen) atoms. The Hall–Kier alpha value is -1.43. The molecule has 2 aliphatic rings. The van der Waals surface area contributed by atoms with E-state index < -0.39 is 21.2 Å². The number of hydrogen-bond acceptors (Lipinski definition) is 3. The van der Waals surface area contributed by atoms with Crippen molar-refractivity contribution >= 4 is 15.9 Å². The van der Waals surface area contributed by atoms with Crippen molar-refractivity contribution in [2.75, 3.05) is 0 Å². The molecule has 1 N–H and O–H groups in total. The van der Waals surface area contributed by atoms with Gasteiger partial charge < -0.3 is 0 Å². The molecule has 3 rings (SSSR count). The molecule has 2 fully saturated rings. The van der Waals surface area contributed by atoms with Gasteiger partial charge in [-0.15, -0.1) is 0 Å². The summed E-state index contributed by atoms with van der Waals surface area (Å²) < 4.78 is 38.6. The fourth-order valence-electron chi connectivity index (χ4n) is 2.60. The molecular formula is C14H16FNO3S. The number of rotatable bonds is 4. The smallest absolute Gasteiger partial charge is 0.237 e. The van der Waals surface area contributed by atoms with Gasteiger partial charge >= 0.3 is 0 Å². The van der Waals surface area contributed by atoms with E-state index in [1.165, 1.54) is 12.1 Å². The third kappa shape index (κ3) is 2.57. The lowest BCUT2D eigenvalue weighted by molar-refractivity contribution is -0.126. The van der Waals surface area contributed by atoms with Crippen molar-refractivity contribution in [3.8, 4) is 0 Å². The van der Waals surface area contributed by atoms with E-state index in [4.69, 9.17) is 0 Å². The second kappa shape index (κ2) is 4.84. The molecule has 2 atom stereocenters. The summed E-state index contributed by atoms with van der Waals surface area (Å²) in [5.74, 6) is -1.07. The Balaban J connectivity index is 1.68. The first-order valence-corrected chi connectivity index (χ1v) is 8.33. The summed E-state index contributed by atoms with van der Waals surface area (Å²) in [6, 6.07) is 6.05. The topological polar surface area (TPSA) is 63.2 Å². The maximum atomic E-state index is 12.9. The molecule has 0 aliphatic heterocycles. The Bertz CT molecular complexity index is 622. The number of halogens is 1. The van der Waals surface area contributed by atoms with Crippen molar-refractivity contribution in [1.82, 2.24) is 4.72 Å². The van der Waals surface area contributed by atoms with Gasteiger partial charge in [-0.2, -0.15) is 0 Å². The van der Waals surface area contributed by atoms with Crippen LogP contribution in [-0.2, 0) is 14.8 Å². The Morgan fingerprint density at radius 2 is 1.75 bits per heavy atom. The highest BCUT2D eigenvalue weighted by molar-refractivity contribution is 7.90. The largest absolute Gasteiger partial charge is 0.274 e. The minimum atomic E-state index is -3.48. The zero-order valence-electron chi connectivity index (χ0n) is 10.9. The molecule has 1 amide bonds. The molecular weight excluding hydrogens is 281 g/mol. The Labute approximate surface area is 117 Å². The third-order valence-electron chi connectivity index (χ3n) is 4.12. The first-order chi connectivity index (χ1) is 9.47. The zero-order valence-corrected chi connectivity index (χ0v) is 11.7. The molecule has 1 aromatic rings. The number of amides is 1. The van der Waals surface area contributed by atoms with Crippen LogP contribution >= 0.6 is 0 Å². The minimum Gasteiger partial charge on any atom is -0.274 e. The molecule has 0 aromatic heterocycles. The van der Waals surface area contributed by atoms with Crippen molar-refractivity contribution in [1.29, 1.82) is 0 Å². The number of benzene rings is 1. The van der Waals surface area contributed by atoms with Crippen LogP contribution in [0.4, 0.5) is 4.39 Å². The molecule has 6 heteroatoms. The lowest BCUT2D eigenvalue weighted by Gasteiger charge is -2.35. The van der Waals surface area contributed by atoms with Gasteiger partial charge in [-0.25, -0.2) is 12.8 Å². The van der Waals surface area contributed by atoms with Crippen LogP contribution < -0.4 is 4.72 Å². The lowest BCUT2D eigenvalue weighted by atomic mass is 9.69. The van der Waals surface area contributed by atoms with Crippen LogP contribution in [0.3, 0.4) is 0 Å². The van der Waals surface area contributed by atoms with Crippen molar-refractivity contribution in [2.45, 2.75) is 36.9 Å². The van der Waals surface area contributed by atoms with Crippen LogP contribution in [0.25, 0.3) is 0 Å². The second-order valence-electron chi connectivity index (χ2n) is 5.55. The molecule has 4 nitrogen and oxygen atoms in total. The van der Waals surface area contributed by atoms with E-state index in [0.29, 0.717) is 19.3 Å². The Morgan fingerprint density at radius 3 is 2.25 bits per heavy atom. The maximum absolute atomic E-state index is 12.9. The van der Waals surface area contributed by atoms with Gasteiger partial charge in [0.1, 0.15) is 5.82 Å². The zero-order chi connectivity index (χ0) is 14.3. The van der Waals surface area contributed by atoms with Gasteiger partial charge in [0.05, 0.1) is 5.25 Å². The Kier molecular flexibility index (Phi) is 3.28. The average molecular weight is 297 g/mol. The summed E-state index contributed by atoms with van der Waals surface area (Å²) in [6.07, 6.45) is 2.77. The predicted molar refractivity (Wildman–Crippen MR) is 71.9 cm³/mol. The predicted octanol–water partition coefficient (Wildman–Crippen LogP) is 1.93. The van der Waals surface area contributed by atoms with Gasteiger partial charge in [-0.1, -0.05) is 12.1 Å². The quantitative estimate of drug-likeness (QED) is 0.923. The van der Waals surface area contributed by atoms with Crippen LogP contribution in [0.5, 0.6) is 0 Å².